The first-order valence-corrected chi connectivity index (χ1v) is 4.14. The summed E-state index contributed by atoms with van der Waals surface area (Å²) in [6.45, 7) is 4.48. The molecule has 2 N–H and O–H groups in total. The van der Waals surface area contributed by atoms with Crippen molar-refractivity contribution >= 4 is 0 Å². The summed E-state index contributed by atoms with van der Waals surface area (Å²) in [5, 5.41) is 12.3. The maximum atomic E-state index is 9.02. The highest BCUT2D eigenvalue weighted by Gasteiger charge is 2.35. The topological polar surface area (TPSA) is 32.3 Å². The van der Waals surface area contributed by atoms with Gasteiger partial charge in [-0.2, -0.15) is 0 Å². The maximum absolute atomic E-state index is 9.02. The zero-order valence-corrected chi connectivity index (χ0v) is 6.69. The number of aliphatic hydroxyl groups excluding tert-OH is 1. The van der Waals surface area contributed by atoms with Gasteiger partial charge in [-0.15, -0.1) is 0 Å². The molecule has 0 unspecified atom stereocenters. The second kappa shape index (κ2) is 3.35. The lowest BCUT2D eigenvalue weighted by molar-refractivity contribution is 0.0453. The smallest absolute Gasteiger partial charge is 0.0499 e. The first-order valence-electron chi connectivity index (χ1n) is 4.14. The Morgan fingerprint density at radius 2 is 2.20 bits per heavy atom. The Balaban J connectivity index is 2.20. The zero-order chi connectivity index (χ0) is 7.45. The molecule has 10 heavy (non-hydrogen) atoms. The van der Waals surface area contributed by atoms with E-state index in [9.17, 15) is 0 Å². The monoisotopic (exact) mass is 143 g/mol. The van der Waals surface area contributed by atoms with Gasteiger partial charge in [0, 0.05) is 18.6 Å². The molecule has 2 nitrogen and oxygen atoms in total. The van der Waals surface area contributed by atoms with E-state index >= 15 is 0 Å². The molecule has 0 radical (unpaired) electrons. The number of nitrogens with one attached hydrogen (secondary N) is 1. The van der Waals surface area contributed by atoms with E-state index in [0.717, 1.165) is 13.1 Å². The van der Waals surface area contributed by atoms with Crippen molar-refractivity contribution < 1.29 is 5.11 Å². The van der Waals surface area contributed by atoms with Gasteiger partial charge in [-0.3, -0.25) is 0 Å². The van der Waals surface area contributed by atoms with Crippen LogP contribution in [-0.2, 0) is 0 Å². The van der Waals surface area contributed by atoms with Crippen LogP contribution in [0.1, 0.15) is 26.2 Å². The molecule has 60 valence electrons. The van der Waals surface area contributed by atoms with Gasteiger partial charge in [0.25, 0.3) is 0 Å². The van der Waals surface area contributed by atoms with Crippen LogP contribution in [0.5, 0.6) is 0 Å². The third kappa shape index (κ3) is 1.50. The van der Waals surface area contributed by atoms with E-state index in [1.165, 1.54) is 19.3 Å². The molecule has 0 aromatic heterocycles. The van der Waals surface area contributed by atoms with Gasteiger partial charge in [0.2, 0.25) is 0 Å². The molecule has 0 aromatic rings. The summed E-state index contributed by atoms with van der Waals surface area (Å²) in [5.41, 5.74) is 0.260. The van der Waals surface area contributed by atoms with Crippen molar-refractivity contribution in [2.24, 2.45) is 5.41 Å². The molecule has 0 heterocycles. The van der Waals surface area contributed by atoms with Crippen molar-refractivity contribution in [3.05, 3.63) is 0 Å². The van der Waals surface area contributed by atoms with Gasteiger partial charge in [0.1, 0.15) is 0 Å². The molecule has 1 rings (SSSR count). The summed E-state index contributed by atoms with van der Waals surface area (Å²) in [7, 11) is 0. The molecule has 1 fully saturated rings. The third-order valence-corrected chi connectivity index (χ3v) is 2.50. The molecule has 0 aromatic carbocycles. The number of hydrogen-bond donors (Lipinski definition) is 2. The molecule has 0 aliphatic heterocycles. The highest BCUT2D eigenvalue weighted by atomic mass is 16.3. The predicted octanol–water partition coefficient (Wildman–Crippen LogP) is 0.758. The minimum absolute atomic E-state index is 0.260. The summed E-state index contributed by atoms with van der Waals surface area (Å²) >= 11 is 0. The number of hydrogen-bond acceptors (Lipinski definition) is 2. The molecule has 1 aliphatic rings. The SMILES string of the molecule is CCNCC1(CO)CCC1. The van der Waals surface area contributed by atoms with E-state index in [1.807, 2.05) is 0 Å². The van der Waals surface area contributed by atoms with Gasteiger partial charge in [0.05, 0.1) is 0 Å². The van der Waals surface area contributed by atoms with Crippen LogP contribution in [0.3, 0.4) is 0 Å². The van der Waals surface area contributed by atoms with Gasteiger partial charge in [-0.05, 0) is 19.4 Å². The van der Waals surface area contributed by atoms with Crippen molar-refractivity contribution in [2.75, 3.05) is 19.7 Å². The number of rotatable bonds is 4. The Bertz CT molecular complexity index is 93.9. The van der Waals surface area contributed by atoms with Crippen LogP contribution in [0.2, 0.25) is 0 Å². The highest BCUT2D eigenvalue weighted by Crippen LogP contribution is 2.39. The van der Waals surface area contributed by atoms with Crippen molar-refractivity contribution in [3.8, 4) is 0 Å². The molecule has 1 aliphatic carbocycles. The second-order valence-corrected chi connectivity index (χ2v) is 3.29. The maximum Gasteiger partial charge on any atom is 0.0499 e. The average molecular weight is 143 g/mol. The first kappa shape index (κ1) is 8.02. The highest BCUT2D eigenvalue weighted by molar-refractivity contribution is 4.88. The fourth-order valence-electron chi connectivity index (χ4n) is 1.46. The molecular weight excluding hydrogens is 126 g/mol. The second-order valence-electron chi connectivity index (χ2n) is 3.29. The van der Waals surface area contributed by atoms with Gasteiger partial charge in [-0.25, -0.2) is 0 Å². The molecule has 1 saturated carbocycles. The van der Waals surface area contributed by atoms with Gasteiger partial charge < -0.3 is 10.4 Å². The molecule has 0 bridgehead atoms. The van der Waals surface area contributed by atoms with Crippen LogP contribution in [0.15, 0.2) is 0 Å². The quantitative estimate of drug-likeness (QED) is 0.609. The molecule has 2 heteroatoms. The van der Waals surface area contributed by atoms with Crippen LogP contribution in [-0.4, -0.2) is 24.8 Å². The molecule has 0 amide bonds. The normalized spacial score (nSPS) is 22.2. The Morgan fingerprint density at radius 1 is 1.50 bits per heavy atom. The minimum Gasteiger partial charge on any atom is -0.396 e. The predicted molar refractivity (Wildman–Crippen MR) is 41.9 cm³/mol. The van der Waals surface area contributed by atoms with Gasteiger partial charge in [-0.1, -0.05) is 13.3 Å². The van der Waals surface area contributed by atoms with E-state index in [4.69, 9.17) is 5.11 Å². The van der Waals surface area contributed by atoms with Gasteiger partial charge in [0.15, 0.2) is 0 Å². The average Bonchev–Trinajstić information content (AvgIpc) is 1.87. The fraction of sp³-hybridized carbons (Fsp3) is 1.00. The summed E-state index contributed by atoms with van der Waals surface area (Å²) in [5.74, 6) is 0. The lowest BCUT2D eigenvalue weighted by Crippen LogP contribution is -2.42. The summed E-state index contributed by atoms with van der Waals surface area (Å²) < 4.78 is 0. The number of aliphatic hydroxyl groups is 1. The van der Waals surface area contributed by atoms with Crippen molar-refractivity contribution in [1.82, 2.24) is 5.32 Å². The van der Waals surface area contributed by atoms with E-state index in [-0.39, 0.29) is 5.41 Å². The van der Waals surface area contributed by atoms with Crippen LogP contribution >= 0.6 is 0 Å². The Morgan fingerprint density at radius 3 is 2.50 bits per heavy atom. The van der Waals surface area contributed by atoms with Crippen LogP contribution < -0.4 is 5.32 Å². The van der Waals surface area contributed by atoms with Crippen LogP contribution in [0.25, 0.3) is 0 Å². The minimum atomic E-state index is 0.260. The summed E-state index contributed by atoms with van der Waals surface area (Å²) in [4.78, 5) is 0. The Hall–Kier alpha value is -0.0800. The molecule has 0 spiro atoms. The van der Waals surface area contributed by atoms with Crippen molar-refractivity contribution in [2.45, 2.75) is 26.2 Å². The Labute approximate surface area is 62.6 Å². The molecular formula is C8H17NO. The van der Waals surface area contributed by atoms with E-state index in [0.29, 0.717) is 6.61 Å². The largest absolute Gasteiger partial charge is 0.396 e. The van der Waals surface area contributed by atoms with E-state index < -0.39 is 0 Å². The molecule has 0 saturated heterocycles. The Kier molecular flexibility index (Phi) is 2.69. The van der Waals surface area contributed by atoms with Crippen LogP contribution in [0.4, 0.5) is 0 Å². The molecule has 0 atom stereocenters. The zero-order valence-electron chi connectivity index (χ0n) is 6.69. The van der Waals surface area contributed by atoms with Gasteiger partial charge >= 0.3 is 0 Å². The first-order chi connectivity index (χ1) is 4.83. The third-order valence-electron chi connectivity index (χ3n) is 2.50. The van der Waals surface area contributed by atoms with E-state index in [2.05, 4.69) is 12.2 Å². The lowest BCUT2D eigenvalue weighted by atomic mass is 9.69. The standard InChI is InChI=1S/C8H17NO/c1-2-9-6-8(7-10)4-3-5-8/h9-10H,2-7H2,1H3. The summed E-state index contributed by atoms with van der Waals surface area (Å²) in [6, 6.07) is 0. The van der Waals surface area contributed by atoms with E-state index in [1.54, 1.807) is 0 Å². The summed E-state index contributed by atoms with van der Waals surface area (Å²) in [6.07, 6.45) is 3.71. The lowest BCUT2D eigenvalue weighted by Gasteiger charge is -2.40. The van der Waals surface area contributed by atoms with Crippen LogP contribution in [0, 0.1) is 5.41 Å². The fourth-order valence-corrected chi connectivity index (χ4v) is 1.46. The van der Waals surface area contributed by atoms with Crippen molar-refractivity contribution in [3.63, 3.8) is 0 Å². The van der Waals surface area contributed by atoms with Crippen molar-refractivity contribution in [1.29, 1.82) is 0 Å².